The molecule has 6 heteroatoms. The van der Waals surface area contributed by atoms with E-state index in [-0.39, 0.29) is 11.5 Å². The van der Waals surface area contributed by atoms with Gasteiger partial charge in [0.1, 0.15) is 0 Å². The van der Waals surface area contributed by atoms with E-state index < -0.39 is 5.97 Å². The topological polar surface area (TPSA) is 84.2 Å². The fourth-order valence-electron chi connectivity index (χ4n) is 2.40. The molecule has 6 nitrogen and oxygen atoms in total. The van der Waals surface area contributed by atoms with Gasteiger partial charge in [-0.15, -0.1) is 0 Å². The van der Waals surface area contributed by atoms with E-state index in [1.165, 1.54) is 12.1 Å². The second-order valence-corrected chi connectivity index (χ2v) is 5.62. The minimum absolute atomic E-state index is 0.170. The Morgan fingerprint density at radius 1 is 0.960 bits per heavy atom. The lowest BCUT2D eigenvalue weighted by Gasteiger charge is -2.07. The largest absolute Gasteiger partial charge is 0.478 e. The van der Waals surface area contributed by atoms with Gasteiger partial charge in [0, 0.05) is 31.0 Å². The minimum atomic E-state index is -0.966. The van der Waals surface area contributed by atoms with Crippen molar-refractivity contribution in [2.24, 2.45) is 0 Å². The average molecular weight is 335 g/mol. The normalized spacial score (nSPS) is 10.4. The van der Waals surface area contributed by atoms with E-state index in [0.717, 1.165) is 11.1 Å². The lowest BCUT2D eigenvalue weighted by Crippen LogP contribution is -2.22. The van der Waals surface area contributed by atoms with Crippen molar-refractivity contribution in [2.75, 3.05) is 0 Å². The van der Waals surface area contributed by atoms with Gasteiger partial charge in [-0.25, -0.2) is 9.78 Å². The molecule has 3 rings (SSSR count). The van der Waals surface area contributed by atoms with Gasteiger partial charge in [0.25, 0.3) is 5.91 Å². The van der Waals surface area contributed by atoms with Crippen LogP contribution in [0.3, 0.4) is 0 Å². The third kappa shape index (κ3) is 4.32. The van der Waals surface area contributed by atoms with Crippen LogP contribution in [0, 0.1) is 0 Å². The summed E-state index contributed by atoms with van der Waals surface area (Å²) in [6.07, 6.45) is 5.36. The fraction of sp³-hybridized carbons (Fsp3) is 0.105. The van der Waals surface area contributed by atoms with E-state index in [4.69, 9.17) is 5.11 Å². The highest BCUT2D eigenvalue weighted by molar-refractivity contribution is 5.94. The number of nitrogens with one attached hydrogen (secondary N) is 1. The number of rotatable bonds is 6. The van der Waals surface area contributed by atoms with Crippen molar-refractivity contribution in [1.29, 1.82) is 0 Å². The Labute approximate surface area is 144 Å². The number of hydrogen-bond donors (Lipinski definition) is 2. The molecule has 2 N–H and O–H groups in total. The molecule has 126 valence electrons. The van der Waals surface area contributed by atoms with E-state index in [1.807, 2.05) is 22.9 Å². The first-order chi connectivity index (χ1) is 12.1. The average Bonchev–Trinajstić information content (AvgIpc) is 3.13. The standard InChI is InChI=1S/C19H17N3O3/c23-18(21-11-14-1-7-17(8-2-14)19(24)25)16-5-3-15(4-6-16)12-22-10-9-20-13-22/h1-10,13H,11-12H2,(H,21,23)(H,24,25). The van der Waals surface area contributed by atoms with Gasteiger partial charge in [-0.1, -0.05) is 24.3 Å². The highest BCUT2D eigenvalue weighted by Crippen LogP contribution is 2.08. The number of aromatic carboxylic acids is 1. The summed E-state index contributed by atoms with van der Waals surface area (Å²) in [4.78, 5) is 27.0. The van der Waals surface area contributed by atoms with Gasteiger partial charge in [-0.3, -0.25) is 4.79 Å². The summed E-state index contributed by atoms with van der Waals surface area (Å²) in [5.41, 5.74) is 2.73. The number of carboxylic acids is 1. The van der Waals surface area contributed by atoms with Crippen molar-refractivity contribution in [3.05, 3.63) is 89.5 Å². The molecule has 1 heterocycles. The number of carbonyl (C=O) groups excluding carboxylic acids is 1. The van der Waals surface area contributed by atoms with Gasteiger partial charge < -0.3 is 15.0 Å². The summed E-state index contributed by atoms with van der Waals surface area (Å²) >= 11 is 0. The first kappa shape index (κ1) is 16.4. The van der Waals surface area contributed by atoms with E-state index in [9.17, 15) is 9.59 Å². The monoisotopic (exact) mass is 335 g/mol. The highest BCUT2D eigenvalue weighted by atomic mass is 16.4. The Bertz CT molecular complexity index is 854. The molecule has 0 bridgehead atoms. The van der Waals surface area contributed by atoms with Crippen molar-refractivity contribution >= 4 is 11.9 Å². The maximum atomic E-state index is 12.2. The van der Waals surface area contributed by atoms with Gasteiger partial charge >= 0.3 is 5.97 Å². The molecule has 0 aliphatic heterocycles. The molecule has 0 unspecified atom stereocenters. The Balaban J connectivity index is 1.56. The Kier molecular flexibility index (Phi) is 4.89. The molecule has 0 spiro atoms. The van der Waals surface area contributed by atoms with Crippen molar-refractivity contribution in [2.45, 2.75) is 13.1 Å². The number of benzene rings is 2. The maximum Gasteiger partial charge on any atom is 0.335 e. The molecule has 0 fully saturated rings. The van der Waals surface area contributed by atoms with Gasteiger partial charge in [-0.05, 0) is 35.4 Å². The van der Waals surface area contributed by atoms with Crippen LogP contribution in [0.1, 0.15) is 31.8 Å². The van der Waals surface area contributed by atoms with Crippen LogP contribution in [0.25, 0.3) is 0 Å². The third-order valence-electron chi connectivity index (χ3n) is 3.79. The molecule has 0 saturated carbocycles. The molecule has 3 aromatic rings. The quantitative estimate of drug-likeness (QED) is 0.725. The van der Waals surface area contributed by atoms with Crippen molar-refractivity contribution in [3.63, 3.8) is 0 Å². The van der Waals surface area contributed by atoms with Crippen LogP contribution in [-0.4, -0.2) is 26.5 Å². The number of carbonyl (C=O) groups is 2. The van der Waals surface area contributed by atoms with E-state index >= 15 is 0 Å². The smallest absolute Gasteiger partial charge is 0.335 e. The second kappa shape index (κ2) is 7.44. The van der Waals surface area contributed by atoms with Crippen molar-refractivity contribution < 1.29 is 14.7 Å². The minimum Gasteiger partial charge on any atom is -0.478 e. The molecular weight excluding hydrogens is 318 g/mol. The van der Waals surface area contributed by atoms with Gasteiger partial charge in [0.15, 0.2) is 0 Å². The Morgan fingerprint density at radius 3 is 2.20 bits per heavy atom. The Hall–Kier alpha value is -3.41. The summed E-state index contributed by atoms with van der Waals surface area (Å²) in [7, 11) is 0. The van der Waals surface area contributed by atoms with Crippen LogP contribution < -0.4 is 5.32 Å². The first-order valence-electron chi connectivity index (χ1n) is 7.77. The van der Waals surface area contributed by atoms with Crippen molar-refractivity contribution in [3.8, 4) is 0 Å². The number of hydrogen-bond acceptors (Lipinski definition) is 3. The zero-order valence-corrected chi connectivity index (χ0v) is 13.4. The predicted octanol–water partition coefficient (Wildman–Crippen LogP) is 2.56. The molecule has 0 saturated heterocycles. The third-order valence-corrected chi connectivity index (χ3v) is 3.79. The molecule has 0 aliphatic carbocycles. The summed E-state index contributed by atoms with van der Waals surface area (Å²) in [6, 6.07) is 13.8. The Morgan fingerprint density at radius 2 is 1.60 bits per heavy atom. The summed E-state index contributed by atoms with van der Waals surface area (Å²) in [5, 5.41) is 11.7. The molecular formula is C19H17N3O3. The van der Waals surface area contributed by atoms with Crippen molar-refractivity contribution in [1.82, 2.24) is 14.9 Å². The maximum absolute atomic E-state index is 12.2. The summed E-state index contributed by atoms with van der Waals surface area (Å²) < 4.78 is 1.95. The van der Waals surface area contributed by atoms with Crippen LogP contribution in [0.4, 0.5) is 0 Å². The lowest BCUT2D eigenvalue weighted by atomic mass is 10.1. The molecule has 1 aromatic heterocycles. The van der Waals surface area contributed by atoms with E-state index in [2.05, 4.69) is 10.3 Å². The number of aromatic nitrogens is 2. The first-order valence-corrected chi connectivity index (χ1v) is 7.77. The zero-order valence-electron chi connectivity index (χ0n) is 13.4. The number of imidazole rings is 1. The summed E-state index contributed by atoms with van der Waals surface area (Å²) in [5.74, 6) is -1.14. The number of nitrogens with zero attached hydrogens (tertiary/aromatic N) is 2. The molecule has 2 aromatic carbocycles. The lowest BCUT2D eigenvalue weighted by molar-refractivity contribution is 0.0696. The predicted molar refractivity (Wildman–Crippen MR) is 92.3 cm³/mol. The van der Waals surface area contributed by atoms with Gasteiger partial charge in [0.05, 0.1) is 11.9 Å². The molecule has 0 radical (unpaired) electrons. The molecule has 0 aliphatic rings. The number of amides is 1. The van der Waals surface area contributed by atoms with Crippen LogP contribution in [0.2, 0.25) is 0 Å². The van der Waals surface area contributed by atoms with Gasteiger partial charge in [-0.2, -0.15) is 0 Å². The molecule has 1 amide bonds. The van der Waals surface area contributed by atoms with E-state index in [1.54, 1.807) is 36.8 Å². The van der Waals surface area contributed by atoms with Crippen LogP contribution in [0.5, 0.6) is 0 Å². The number of carboxylic acid groups (broad SMARTS) is 1. The van der Waals surface area contributed by atoms with E-state index in [0.29, 0.717) is 18.7 Å². The summed E-state index contributed by atoms with van der Waals surface area (Å²) in [6.45, 7) is 1.05. The zero-order chi connectivity index (χ0) is 17.6. The van der Waals surface area contributed by atoms with Crippen LogP contribution in [-0.2, 0) is 13.1 Å². The highest BCUT2D eigenvalue weighted by Gasteiger charge is 2.06. The van der Waals surface area contributed by atoms with Crippen LogP contribution >= 0.6 is 0 Å². The van der Waals surface area contributed by atoms with Gasteiger partial charge in [0.2, 0.25) is 0 Å². The SMILES string of the molecule is O=C(O)c1ccc(CNC(=O)c2ccc(Cn3ccnc3)cc2)cc1. The fourth-order valence-corrected chi connectivity index (χ4v) is 2.40. The van der Waals surface area contributed by atoms with Crippen LogP contribution in [0.15, 0.2) is 67.3 Å². The molecule has 25 heavy (non-hydrogen) atoms. The molecule has 0 atom stereocenters. The second-order valence-electron chi connectivity index (χ2n) is 5.62.